The van der Waals surface area contributed by atoms with Crippen molar-refractivity contribution >= 4 is 0 Å². The summed E-state index contributed by atoms with van der Waals surface area (Å²) in [5.41, 5.74) is 1.05. The minimum absolute atomic E-state index is 0.785. The van der Waals surface area contributed by atoms with E-state index in [2.05, 4.69) is 20.4 Å². The third-order valence-corrected chi connectivity index (χ3v) is 2.50. The average molecular weight is 231 g/mol. The number of aromatic nitrogens is 4. The number of nitrogens with zero attached hydrogens (tertiary/aromatic N) is 4. The van der Waals surface area contributed by atoms with E-state index in [-0.39, 0.29) is 0 Å². The molecule has 90 valence electrons. The van der Waals surface area contributed by atoms with Crippen LogP contribution in [0.4, 0.5) is 0 Å². The maximum atomic E-state index is 4.30. The molecule has 2 rings (SSSR count). The summed E-state index contributed by atoms with van der Waals surface area (Å²) in [7, 11) is 0. The summed E-state index contributed by atoms with van der Waals surface area (Å²) in [5.74, 6) is 1.79. The Morgan fingerprint density at radius 2 is 2.18 bits per heavy atom. The SMILES string of the molecule is Cc1nc(C)n(CCNCc2ccccn2)n1. The molecule has 17 heavy (non-hydrogen) atoms. The molecule has 0 fully saturated rings. The van der Waals surface area contributed by atoms with Crippen LogP contribution in [0.1, 0.15) is 17.3 Å². The molecule has 0 spiro atoms. The lowest BCUT2D eigenvalue weighted by Gasteiger charge is -2.05. The third kappa shape index (κ3) is 3.35. The van der Waals surface area contributed by atoms with Gasteiger partial charge in [0.1, 0.15) is 11.6 Å². The van der Waals surface area contributed by atoms with Crippen LogP contribution in [0.3, 0.4) is 0 Å². The Kier molecular flexibility index (Phi) is 3.82. The molecule has 0 aliphatic rings. The minimum atomic E-state index is 0.785. The number of aryl methyl sites for hydroxylation is 2. The van der Waals surface area contributed by atoms with Crippen LogP contribution >= 0.6 is 0 Å². The normalized spacial score (nSPS) is 10.7. The van der Waals surface area contributed by atoms with E-state index in [1.165, 1.54) is 0 Å². The first-order valence-corrected chi connectivity index (χ1v) is 5.74. The van der Waals surface area contributed by atoms with Gasteiger partial charge in [0.2, 0.25) is 0 Å². The second kappa shape index (κ2) is 5.54. The molecule has 0 radical (unpaired) electrons. The molecule has 2 heterocycles. The topological polar surface area (TPSA) is 55.6 Å². The van der Waals surface area contributed by atoms with Crippen LogP contribution < -0.4 is 5.32 Å². The molecule has 0 saturated carbocycles. The molecule has 1 N–H and O–H groups in total. The Bertz CT molecular complexity index is 463. The quantitative estimate of drug-likeness (QED) is 0.782. The maximum absolute atomic E-state index is 4.30. The van der Waals surface area contributed by atoms with Gasteiger partial charge in [0.25, 0.3) is 0 Å². The van der Waals surface area contributed by atoms with Gasteiger partial charge in [-0.15, -0.1) is 0 Å². The van der Waals surface area contributed by atoms with Crippen LogP contribution in [0, 0.1) is 13.8 Å². The second-order valence-corrected chi connectivity index (χ2v) is 3.93. The molecule has 5 heteroatoms. The van der Waals surface area contributed by atoms with E-state index in [0.717, 1.165) is 37.0 Å². The van der Waals surface area contributed by atoms with Crippen molar-refractivity contribution in [2.24, 2.45) is 0 Å². The summed E-state index contributed by atoms with van der Waals surface area (Å²) in [5, 5.41) is 7.64. The molecule has 5 nitrogen and oxygen atoms in total. The van der Waals surface area contributed by atoms with E-state index in [4.69, 9.17) is 0 Å². The number of hydrogen-bond acceptors (Lipinski definition) is 4. The molecule has 0 saturated heterocycles. The van der Waals surface area contributed by atoms with Crippen molar-refractivity contribution in [3.63, 3.8) is 0 Å². The minimum Gasteiger partial charge on any atom is -0.309 e. The Labute approximate surface area is 101 Å². The van der Waals surface area contributed by atoms with Gasteiger partial charge in [0.05, 0.1) is 12.2 Å². The van der Waals surface area contributed by atoms with E-state index in [0.29, 0.717) is 0 Å². The lowest BCUT2D eigenvalue weighted by molar-refractivity contribution is 0.538. The third-order valence-electron chi connectivity index (χ3n) is 2.50. The molecule has 2 aromatic rings. The van der Waals surface area contributed by atoms with Crippen LogP contribution in [0.5, 0.6) is 0 Å². The molecule has 0 aliphatic heterocycles. The summed E-state index contributed by atoms with van der Waals surface area (Å²) < 4.78 is 1.92. The predicted octanol–water partition coefficient (Wildman–Crippen LogP) is 1.08. The largest absolute Gasteiger partial charge is 0.309 e. The fraction of sp³-hybridized carbons (Fsp3) is 0.417. The number of hydrogen-bond donors (Lipinski definition) is 1. The molecule has 0 amide bonds. The lowest BCUT2D eigenvalue weighted by atomic mass is 10.3. The summed E-state index contributed by atoms with van der Waals surface area (Å²) in [6.07, 6.45) is 1.81. The fourth-order valence-electron chi connectivity index (χ4n) is 1.68. The molecule has 0 unspecified atom stereocenters. The highest BCUT2D eigenvalue weighted by Crippen LogP contribution is 1.95. The highest BCUT2D eigenvalue weighted by atomic mass is 15.3. The summed E-state index contributed by atoms with van der Waals surface area (Å²) in [6, 6.07) is 5.93. The Balaban J connectivity index is 1.75. The maximum Gasteiger partial charge on any atom is 0.147 e. The standard InChI is InChI=1S/C12H17N5/c1-10-15-11(2)17(16-10)8-7-13-9-12-5-3-4-6-14-12/h3-6,13H,7-9H2,1-2H3. The zero-order valence-electron chi connectivity index (χ0n) is 10.2. The van der Waals surface area contributed by atoms with Crippen molar-refractivity contribution < 1.29 is 0 Å². The van der Waals surface area contributed by atoms with Crippen molar-refractivity contribution in [1.29, 1.82) is 0 Å². The zero-order valence-corrected chi connectivity index (χ0v) is 10.2. The van der Waals surface area contributed by atoms with E-state index < -0.39 is 0 Å². The molecule has 0 atom stereocenters. The van der Waals surface area contributed by atoms with Crippen LogP contribution in [0.15, 0.2) is 24.4 Å². The predicted molar refractivity (Wildman–Crippen MR) is 65.4 cm³/mol. The van der Waals surface area contributed by atoms with Crippen LogP contribution in [0.2, 0.25) is 0 Å². The summed E-state index contributed by atoms with van der Waals surface area (Å²) in [4.78, 5) is 8.51. The van der Waals surface area contributed by atoms with Gasteiger partial charge in [0, 0.05) is 19.3 Å². The van der Waals surface area contributed by atoms with Crippen LogP contribution in [-0.2, 0) is 13.1 Å². The van der Waals surface area contributed by atoms with Gasteiger partial charge in [-0.25, -0.2) is 9.67 Å². The molecular formula is C12H17N5. The van der Waals surface area contributed by atoms with Crippen molar-refractivity contribution in [2.75, 3.05) is 6.54 Å². The van der Waals surface area contributed by atoms with Crippen molar-refractivity contribution in [2.45, 2.75) is 26.9 Å². The van der Waals surface area contributed by atoms with Crippen molar-refractivity contribution in [3.8, 4) is 0 Å². The first kappa shape index (κ1) is 11.7. The smallest absolute Gasteiger partial charge is 0.147 e. The van der Waals surface area contributed by atoms with Crippen molar-refractivity contribution in [3.05, 3.63) is 41.7 Å². The first-order valence-electron chi connectivity index (χ1n) is 5.74. The lowest BCUT2D eigenvalue weighted by Crippen LogP contribution is -2.21. The van der Waals surface area contributed by atoms with Gasteiger partial charge in [-0.05, 0) is 26.0 Å². The highest BCUT2D eigenvalue weighted by molar-refractivity contribution is 5.02. The zero-order chi connectivity index (χ0) is 12.1. The Hall–Kier alpha value is -1.75. The summed E-state index contributed by atoms with van der Waals surface area (Å²) in [6.45, 7) is 6.36. The van der Waals surface area contributed by atoms with Crippen LogP contribution in [-0.4, -0.2) is 26.3 Å². The van der Waals surface area contributed by atoms with E-state index >= 15 is 0 Å². The van der Waals surface area contributed by atoms with E-state index in [1.54, 1.807) is 0 Å². The second-order valence-electron chi connectivity index (χ2n) is 3.93. The van der Waals surface area contributed by atoms with Crippen molar-refractivity contribution in [1.82, 2.24) is 25.1 Å². The Morgan fingerprint density at radius 3 is 2.82 bits per heavy atom. The van der Waals surface area contributed by atoms with Gasteiger partial charge in [-0.3, -0.25) is 4.98 Å². The van der Waals surface area contributed by atoms with E-state index in [1.807, 2.05) is 42.9 Å². The monoisotopic (exact) mass is 231 g/mol. The fourth-order valence-corrected chi connectivity index (χ4v) is 1.68. The number of nitrogens with one attached hydrogen (secondary N) is 1. The Morgan fingerprint density at radius 1 is 1.29 bits per heavy atom. The molecule has 0 aliphatic carbocycles. The number of pyridine rings is 1. The molecule has 0 bridgehead atoms. The highest BCUT2D eigenvalue weighted by Gasteiger charge is 2.01. The van der Waals surface area contributed by atoms with Crippen LogP contribution in [0.25, 0.3) is 0 Å². The van der Waals surface area contributed by atoms with Gasteiger partial charge in [-0.2, -0.15) is 5.10 Å². The average Bonchev–Trinajstić information content (AvgIpc) is 2.65. The summed E-state index contributed by atoms with van der Waals surface area (Å²) >= 11 is 0. The van der Waals surface area contributed by atoms with E-state index in [9.17, 15) is 0 Å². The first-order chi connectivity index (χ1) is 8.25. The van der Waals surface area contributed by atoms with Gasteiger partial charge in [-0.1, -0.05) is 6.07 Å². The number of rotatable bonds is 5. The molecule has 0 aromatic carbocycles. The van der Waals surface area contributed by atoms with Gasteiger partial charge < -0.3 is 5.32 Å². The van der Waals surface area contributed by atoms with Gasteiger partial charge in [0.15, 0.2) is 0 Å². The molecule has 2 aromatic heterocycles. The van der Waals surface area contributed by atoms with Gasteiger partial charge >= 0.3 is 0 Å². The molecular weight excluding hydrogens is 214 g/mol.